The van der Waals surface area contributed by atoms with Crippen molar-refractivity contribution in [3.05, 3.63) is 53.6 Å². The van der Waals surface area contributed by atoms with Gasteiger partial charge in [0.25, 0.3) is 0 Å². The number of benzene rings is 2. The van der Waals surface area contributed by atoms with E-state index in [4.69, 9.17) is 15.6 Å². The fourth-order valence-corrected chi connectivity index (χ4v) is 3.42. The molecule has 0 unspecified atom stereocenters. The second kappa shape index (κ2) is 8.73. The molecule has 1 heterocycles. The number of hydrogen-bond donors (Lipinski definition) is 3. The molecule has 0 atom stereocenters. The van der Waals surface area contributed by atoms with E-state index in [0.717, 1.165) is 52.7 Å². The van der Waals surface area contributed by atoms with E-state index in [-0.39, 0.29) is 6.42 Å². The molecule has 3 aromatic rings. The van der Waals surface area contributed by atoms with Crippen LogP contribution in [0.5, 0.6) is 5.75 Å². The molecule has 1 aromatic heterocycles. The number of carboxylic acids is 1. The molecule has 0 aliphatic heterocycles. The van der Waals surface area contributed by atoms with Crippen LogP contribution in [-0.4, -0.2) is 29.2 Å². The van der Waals surface area contributed by atoms with Gasteiger partial charge in [0.2, 0.25) is 0 Å². The van der Waals surface area contributed by atoms with E-state index in [9.17, 15) is 4.79 Å². The van der Waals surface area contributed by atoms with Gasteiger partial charge in [-0.05, 0) is 85.8 Å². The zero-order valence-corrected chi connectivity index (χ0v) is 15.6. The molecule has 4 N–H and O–H groups in total. The average Bonchev–Trinajstić information content (AvgIpc) is 3.00. The van der Waals surface area contributed by atoms with E-state index in [1.165, 1.54) is 5.56 Å². The van der Waals surface area contributed by atoms with Crippen molar-refractivity contribution in [2.24, 2.45) is 5.73 Å². The Hall–Kier alpha value is -2.79. The first-order valence-electron chi connectivity index (χ1n) is 9.41. The molecular formula is C22H26N2O3. The van der Waals surface area contributed by atoms with Crippen LogP contribution in [0, 0.1) is 0 Å². The lowest BCUT2D eigenvalue weighted by Crippen LogP contribution is -2.00. The second-order valence-corrected chi connectivity index (χ2v) is 6.63. The molecule has 0 amide bonds. The first-order valence-corrected chi connectivity index (χ1v) is 9.41. The molecule has 5 heteroatoms. The second-order valence-electron chi connectivity index (χ2n) is 6.63. The molecule has 0 radical (unpaired) electrons. The smallest absolute Gasteiger partial charge is 0.307 e. The Morgan fingerprint density at radius 2 is 1.93 bits per heavy atom. The van der Waals surface area contributed by atoms with Crippen molar-refractivity contribution in [1.82, 2.24) is 4.98 Å². The Kier molecular flexibility index (Phi) is 6.14. The monoisotopic (exact) mass is 366 g/mol. The maximum atomic E-state index is 11.1. The van der Waals surface area contributed by atoms with Crippen LogP contribution in [0.2, 0.25) is 0 Å². The normalized spacial score (nSPS) is 11.0. The van der Waals surface area contributed by atoms with Crippen LogP contribution in [0.15, 0.2) is 42.5 Å². The van der Waals surface area contributed by atoms with Crippen molar-refractivity contribution >= 4 is 16.9 Å². The molecule has 27 heavy (non-hydrogen) atoms. The highest BCUT2D eigenvalue weighted by Crippen LogP contribution is 2.33. The Bertz CT molecular complexity index is 913. The van der Waals surface area contributed by atoms with Gasteiger partial charge in [-0.25, -0.2) is 0 Å². The molecule has 2 aromatic carbocycles. The van der Waals surface area contributed by atoms with E-state index in [0.29, 0.717) is 13.2 Å². The van der Waals surface area contributed by atoms with Crippen molar-refractivity contribution in [2.45, 2.75) is 32.6 Å². The van der Waals surface area contributed by atoms with Crippen LogP contribution in [0.25, 0.3) is 22.2 Å². The molecular weight excluding hydrogens is 340 g/mol. The van der Waals surface area contributed by atoms with E-state index in [1.54, 1.807) is 0 Å². The highest BCUT2D eigenvalue weighted by atomic mass is 16.5. The molecule has 0 bridgehead atoms. The summed E-state index contributed by atoms with van der Waals surface area (Å²) in [4.78, 5) is 14.6. The minimum atomic E-state index is -0.818. The lowest BCUT2D eigenvalue weighted by Gasteiger charge is -2.07. The molecule has 0 saturated carbocycles. The number of H-pyrrole nitrogens is 1. The third-order valence-corrected chi connectivity index (χ3v) is 4.66. The summed E-state index contributed by atoms with van der Waals surface area (Å²) < 4.78 is 5.54. The Balaban J connectivity index is 2.03. The van der Waals surface area contributed by atoms with Gasteiger partial charge < -0.3 is 20.6 Å². The van der Waals surface area contributed by atoms with Gasteiger partial charge in [-0.3, -0.25) is 4.79 Å². The highest BCUT2D eigenvalue weighted by molar-refractivity contribution is 5.92. The largest absolute Gasteiger partial charge is 0.494 e. The van der Waals surface area contributed by atoms with Crippen molar-refractivity contribution in [1.29, 1.82) is 0 Å². The van der Waals surface area contributed by atoms with Gasteiger partial charge >= 0.3 is 5.97 Å². The van der Waals surface area contributed by atoms with Crippen LogP contribution >= 0.6 is 0 Å². The zero-order valence-electron chi connectivity index (χ0n) is 15.6. The quantitative estimate of drug-likeness (QED) is 0.497. The molecule has 0 saturated heterocycles. The lowest BCUT2D eigenvalue weighted by atomic mass is 9.99. The number of hydrogen-bond acceptors (Lipinski definition) is 3. The highest BCUT2D eigenvalue weighted by Gasteiger charge is 2.14. The summed E-state index contributed by atoms with van der Waals surface area (Å²) in [5, 5.41) is 10.2. The number of rotatable bonds is 9. The van der Waals surface area contributed by atoms with Crippen LogP contribution < -0.4 is 10.5 Å². The average molecular weight is 366 g/mol. The summed E-state index contributed by atoms with van der Waals surface area (Å²) in [6, 6.07) is 13.9. The summed E-state index contributed by atoms with van der Waals surface area (Å²) in [5.74, 6) is 0.0343. The Morgan fingerprint density at radius 1 is 1.15 bits per heavy atom. The molecule has 0 aliphatic carbocycles. The third kappa shape index (κ3) is 4.49. The minimum absolute atomic E-state index is 0.0295. The summed E-state index contributed by atoms with van der Waals surface area (Å²) in [6.07, 6.45) is 2.89. The van der Waals surface area contributed by atoms with Crippen LogP contribution in [0.1, 0.15) is 30.9 Å². The number of unbranched alkanes of at least 4 members (excludes halogenated alkanes) is 1. The number of aromatic nitrogens is 1. The summed E-state index contributed by atoms with van der Waals surface area (Å²) >= 11 is 0. The molecule has 3 rings (SSSR count). The Morgan fingerprint density at radius 3 is 2.59 bits per heavy atom. The predicted octanol–water partition coefficient (Wildman–Crippen LogP) is 4.14. The van der Waals surface area contributed by atoms with E-state index in [2.05, 4.69) is 17.1 Å². The summed E-state index contributed by atoms with van der Waals surface area (Å²) in [7, 11) is 0. The number of aliphatic carboxylic acids is 1. The number of aromatic amines is 1. The maximum absolute atomic E-state index is 11.1. The van der Waals surface area contributed by atoms with Crippen molar-refractivity contribution < 1.29 is 14.6 Å². The van der Waals surface area contributed by atoms with Crippen LogP contribution in [0.3, 0.4) is 0 Å². The SMILES string of the molecule is CCOc1ccc(-c2[nH]c3ccc(CC(=O)O)cc3c2CCCCN)cc1. The molecule has 142 valence electrons. The number of fused-ring (bicyclic) bond motifs is 1. The molecule has 5 nitrogen and oxygen atoms in total. The van der Waals surface area contributed by atoms with Gasteiger partial charge in [0, 0.05) is 16.6 Å². The number of carbonyl (C=O) groups is 1. The number of nitrogens with two attached hydrogens (primary N) is 1. The predicted molar refractivity (Wildman–Crippen MR) is 108 cm³/mol. The maximum Gasteiger partial charge on any atom is 0.307 e. The number of nitrogens with one attached hydrogen (secondary N) is 1. The summed E-state index contributed by atoms with van der Waals surface area (Å²) in [5.41, 5.74) is 10.9. The van der Waals surface area contributed by atoms with Gasteiger partial charge in [0.15, 0.2) is 0 Å². The first kappa shape index (κ1) is 19.0. The van der Waals surface area contributed by atoms with Gasteiger partial charge in [0.05, 0.1) is 13.0 Å². The third-order valence-electron chi connectivity index (χ3n) is 4.66. The van der Waals surface area contributed by atoms with Crippen molar-refractivity contribution in [3.63, 3.8) is 0 Å². The zero-order chi connectivity index (χ0) is 19.2. The molecule has 0 aliphatic rings. The van der Waals surface area contributed by atoms with Crippen LogP contribution in [0.4, 0.5) is 0 Å². The van der Waals surface area contributed by atoms with E-state index < -0.39 is 5.97 Å². The molecule has 0 spiro atoms. The fraction of sp³-hybridized carbons (Fsp3) is 0.318. The summed E-state index contributed by atoms with van der Waals surface area (Å²) in [6.45, 7) is 3.28. The first-order chi connectivity index (χ1) is 13.1. The number of aryl methyl sites for hydroxylation is 1. The van der Waals surface area contributed by atoms with Crippen LogP contribution in [-0.2, 0) is 17.6 Å². The van der Waals surface area contributed by atoms with Gasteiger partial charge in [-0.15, -0.1) is 0 Å². The van der Waals surface area contributed by atoms with Crippen molar-refractivity contribution in [2.75, 3.05) is 13.2 Å². The topological polar surface area (TPSA) is 88.3 Å². The lowest BCUT2D eigenvalue weighted by molar-refractivity contribution is -0.136. The Labute approximate surface area is 159 Å². The standard InChI is InChI=1S/C22H26N2O3/c1-2-27-17-9-7-16(8-10-17)22-18(5-3-4-12-23)19-13-15(14-21(25)26)6-11-20(19)24-22/h6-11,13,24H,2-5,12,14,23H2,1H3,(H,25,26). The fourth-order valence-electron chi connectivity index (χ4n) is 3.42. The number of carboxylic acid groups (broad SMARTS) is 1. The van der Waals surface area contributed by atoms with Gasteiger partial charge in [0.1, 0.15) is 5.75 Å². The number of ether oxygens (including phenoxy) is 1. The van der Waals surface area contributed by atoms with Gasteiger partial charge in [-0.1, -0.05) is 6.07 Å². The van der Waals surface area contributed by atoms with E-state index in [1.807, 2.05) is 37.3 Å². The minimum Gasteiger partial charge on any atom is -0.494 e. The van der Waals surface area contributed by atoms with Crippen molar-refractivity contribution in [3.8, 4) is 17.0 Å². The molecule has 0 fully saturated rings. The van der Waals surface area contributed by atoms with Gasteiger partial charge in [-0.2, -0.15) is 0 Å². The van der Waals surface area contributed by atoms with E-state index >= 15 is 0 Å².